The largest absolute Gasteiger partial charge is 0.464 e. The first-order chi connectivity index (χ1) is 12.5. The zero-order chi connectivity index (χ0) is 18.4. The molecule has 1 aromatic carbocycles. The average Bonchev–Trinajstić information content (AvgIpc) is 3.23. The molecular formula is C17H15F2IN4O2. The third kappa shape index (κ3) is 2.87. The summed E-state index contributed by atoms with van der Waals surface area (Å²) in [4.78, 5) is 16.9. The minimum Gasteiger partial charge on any atom is -0.464 e. The van der Waals surface area contributed by atoms with E-state index >= 15 is 0 Å². The number of carbonyl (C=O) groups excluding carboxylic acids is 1. The molecule has 0 N–H and O–H groups in total. The van der Waals surface area contributed by atoms with Crippen molar-refractivity contribution >= 4 is 39.5 Å². The number of carbonyl (C=O) groups is 1. The lowest BCUT2D eigenvalue weighted by atomic mass is 10.1. The lowest BCUT2D eigenvalue weighted by Crippen LogP contribution is -2.25. The van der Waals surface area contributed by atoms with Crippen LogP contribution in [0.25, 0.3) is 10.9 Å². The Hall–Kier alpha value is -2.04. The molecule has 0 saturated heterocycles. The van der Waals surface area contributed by atoms with Crippen LogP contribution in [0.15, 0.2) is 24.7 Å². The molecule has 3 aromatic rings. The summed E-state index contributed by atoms with van der Waals surface area (Å²) in [6.45, 7) is 2.10. The van der Waals surface area contributed by atoms with Crippen molar-refractivity contribution in [3.05, 3.63) is 45.4 Å². The first-order valence-electron chi connectivity index (χ1n) is 8.16. The number of halogens is 3. The van der Waals surface area contributed by atoms with Crippen molar-refractivity contribution in [3.8, 4) is 0 Å². The SMILES string of the molecule is CCOC(=O)C(c1ncn2c1CC(F)C2)n1cc2c(F)cc(I)cc2n1. The molecule has 26 heavy (non-hydrogen) atoms. The van der Waals surface area contributed by atoms with Crippen LogP contribution in [0.4, 0.5) is 8.78 Å². The second kappa shape index (κ2) is 6.60. The van der Waals surface area contributed by atoms with Crippen LogP contribution in [-0.2, 0) is 22.5 Å². The average molecular weight is 472 g/mol. The van der Waals surface area contributed by atoms with E-state index in [1.807, 2.05) is 22.6 Å². The highest BCUT2D eigenvalue weighted by Gasteiger charge is 2.34. The highest BCUT2D eigenvalue weighted by atomic mass is 127. The Morgan fingerprint density at radius 1 is 1.50 bits per heavy atom. The van der Waals surface area contributed by atoms with Gasteiger partial charge in [0.15, 0.2) is 6.04 Å². The highest BCUT2D eigenvalue weighted by molar-refractivity contribution is 14.1. The third-order valence-electron chi connectivity index (χ3n) is 4.38. The van der Waals surface area contributed by atoms with Crippen LogP contribution in [0.1, 0.15) is 24.4 Å². The van der Waals surface area contributed by atoms with Gasteiger partial charge < -0.3 is 9.30 Å². The number of hydrogen-bond donors (Lipinski definition) is 0. The quantitative estimate of drug-likeness (QED) is 0.433. The van der Waals surface area contributed by atoms with Crippen LogP contribution in [0, 0.1) is 9.39 Å². The minimum absolute atomic E-state index is 0.179. The molecule has 4 rings (SSSR count). The molecule has 0 radical (unpaired) electrons. The number of imidazole rings is 1. The molecule has 9 heteroatoms. The number of ether oxygens (including phenoxy) is 1. The van der Waals surface area contributed by atoms with Gasteiger partial charge in [0, 0.05) is 21.9 Å². The van der Waals surface area contributed by atoms with Gasteiger partial charge in [0.05, 0.1) is 36.1 Å². The van der Waals surface area contributed by atoms with E-state index in [4.69, 9.17) is 4.74 Å². The zero-order valence-electron chi connectivity index (χ0n) is 13.8. The molecule has 0 fully saturated rings. The molecule has 1 aliphatic rings. The first-order valence-corrected chi connectivity index (χ1v) is 9.24. The van der Waals surface area contributed by atoms with Crippen LogP contribution in [-0.4, -0.2) is 38.1 Å². The van der Waals surface area contributed by atoms with Crippen LogP contribution < -0.4 is 0 Å². The van der Waals surface area contributed by atoms with Crippen molar-refractivity contribution in [2.24, 2.45) is 0 Å². The fourth-order valence-corrected chi connectivity index (χ4v) is 3.85. The molecule has 0 saturated carbocycles. The number of nitrogens with zero attached hydrogens (tertiary/aromatic N) is 4. The monoisotopic (exact) mass is 472 g/mol. The third-order valence-corrected chi connectivity index (χ3v) is 5.00. The van der Waals surface area contributed by atoms with Crippen molar-refractivity contribution in [2.45, 2.75) is 32.1 Å². The van der Waals surface area contributed by atoms with E-state index in [1.165, 1.54) is 23.3 Å². The molecule has 2 unspecified atom stereocenters. The Bertz CT molecular complexity index is 1000. The molecule has 0 aliphatic carbocycles. The number of aromatic nitrogens is 4. The maximum atomic E-state index is 14.2. The lowest BCUT2D eigenvalue weighted by molar-refractivity contribution is -0.146. The second-order valence-corrected chi connectivity index (χ2v) is 7.36. The van der Waals surface area contributed by atoms with Crippen molar-refractivity contribution < 1.29 is 18.3 Å². The molecule has 2 atom stereocenters. The molecule has 6 nitrogen and oxygen atoms in total. The van der Waals surface area contributed by atoms with Gasteiger partial charge in [0.2, 0.25) is 0 Å². The van der Waals surface area contributed by atoms with Gasteiger partial charge in [0.1, 0.15) is 12.0 Å². The Morgan fingerprint density at radius 2 is 2.31 bits per heavy atom. The summed E-state index contributed by atoms with van der Waals surface area (Å²) in [6, 6.07) is 2.14. The van der Waals surface area contributed by atoms with Crippen LogP contribution in [0.3, 0.4) is 0 Å². The van der Waals surface area contributed by atoms with E-state index in [0.717, 1.165) is 0 Å². The van der Waals surface area contributed by atoms with Gasteiger partial charge in [0.25, 0.3) is 0 Å². The van der Waals surface area contributed by atoms with Gasteiger partial charge in [-0.15, -0.1) is 0 Å². The van der Waals surface area contributed by atoms with Crippen LogP contribution in [0.5, 0.6) is 0 Å². The van der Waals surface area contributed by atoms with Crippen LogP contribution in [0.2, 0.25) is 0 Å². The normalized spacial score (nSPS) is 17.5. The predicted octanol–water partition coefficient (Wildman–Crippen LogP) is 3.02. The number of alkyl halides is 1. The lowest BCUT2D eigenvalue weighted by Gasteiger charge is -2.15. The van der Waals surface area contributed by atoms with Crippen molar-refractivity contribution in [1.82, 2.24) is 19.3 Å². The fourth-order valence-electron chi connectivity index (χ4n) is 3.28. The van der Waals surface area contributed by atoms with Gasteiger partial charge in [-0.3, -0.25) is 4.68 Å². The van der Waals surface area contributed by atoms with Gasteiger partial charge in [-0.1, -0.05) is 0 Å². The maximum absolute atomic E-state index is 14.2. The maximum Gasteiger partial charge on any atom is 0.337 e. The van der Waals surface area contributed by atoms with Crippen LogP contribution >= 0.6 is 22.6 Å². The van der Waals surface area contributed by atoms with E-state index in [-0.39, 0.29) is 19.6 Å². The molecule has 1 aliphatic heterocycles. The van der Waals surface area contributed by atoms with Crippen molar-refractivity contribution in [2.75, 3.05) is 6.61 Å². The standard InChI is InChI=1S/C17H15F2IN4O2/c1-2-26-17(25)16(15-14-3-9(18)6-23(14)8-21-15)24-7-11-12(19)4-10(20)5-13(11)22-24/h4-5,7-9,16H,2-3,6H2,1H3. The molecule has 2 aromatic heterocycles. The van der Waals surface area contributed by atoms with E-state index in [0.29, 0.717) is 25.9 Å². The topological polar surface area (TPSA) is 61.9 Å². The van der Waals surface area contributed by atoms with Crippen molar-refractivity contribution in [3.63, 3.8) is 0 Å². The number of fused-ring (bicyclic) bond motifs is 2. The summed E-state index contributed by atoms with van der Waals surface area (Å²) in [5, 5.41) is 4.67. The molecular weight excluding hydrogens is 457 g/mol. The second-order valence-electron chi connectivity index (χ2n) is 6.11. The van der Waals surface area contributed by atoms with Gasteiger partial charge in [-0.05, 0) is 41.6 Å². The van der Waals surface area contributed by atoms with Crippen molar-refractivity contribution in [1.29, 1.82) is 0 Å². The van der Waals surface area contributed by atoms with E-state index in [1.54, 1.807) is 17.6 Å². The summed E-state index contributed by atoms with van der Waals surface area (Å²) < 4.78 is 36.9. The molecule has 0 amide bonds. The number of hydrogen-bond acceptors (Lipinski definition) is 4. The van der Waals surface area contributed by atoms with Gasteiger partial charge in [-0.25, -0.2) is 18.6 Å². The predicted molar refractivity (Wildman–Crippen MR) is 98.0 cm³/mol. The summed E-state index contributed by atoms with van der Waals surface area (Å²) in [5.74, 6) is -0.973. The summed E-state index contributed by atoms with van der Waals surface area (Å²) >= 11 is 2.01. The summed E-state index contributed by atoms with van der Waals surface area (Å²) in [5.41, 5.74) is 1.47. The van der Waals surface area contributed by atoms with E-state index in [9.17, 15) is 13.6 Å². The molecule has 136 valence electrons. The molecule has 0 spiro atoms. The summed E-state index contributed by atoms with van der Waals surface area (Å²) in [7, 11) is 0. The Balaban J connectivity index is 1.85. The highest BCUT2D eigenvalue weighted by Crippen LogP contribution is 2.30. The van der Waals surface area contributed by atoms with Gasteiger partial charge >= 0.3 is 5.97 Å². The fraction of sp³-hybridized carbons (Fsp3) is 0.353. The van der Waals surface area contributed by atoms with E-state index < -0.39 is 24.0 Å². The Labute approximate surface area is 161 Å². The Morgan fingerprint density at radius 3 is 3.08 bits per heavy atom. The van der Waals surface area contributed by atoms with Gasteiger partial charge in [-0.2, -0.15) is 5.10 Å². The molecule has 3 heterocycles. The smallest absolute Gasteiger partial charge is 0.337 e. The minimum atomic E-state index is -1.01. The zero-order valence-corrected chi connectivity index (χ0v) is 16.0. The Kier molecular flexibility index (Phi) is 4.41. The summed E-state index contributed by atoms with van der Waals surface area (Å²) in [6.07, 6.45) is 2.16. The number of rotatable bonds is 4. The van der Waals surface area contributed by atoms with E-state index in [2.05, 4.69) is 10.1 Å². The first kappa shape index (κ1) is 17.4. The molecule has 0 bridgehead atoms. The number of esters is 1. The number of benzene rings is 1.